The maximum Gasteiger partial charge on any atom is 0.258 e. The molecular formula is C20H18N2O3. The van der Waals surface area contributed by atoms with Gasteiger partial charge in [0.2, 0.25) is 5.88 Å². The number of rotatable bonds is 3. The number of carbonyl (C=O) groups is 1. The lowest BCUT2D eigenvalue weighted by Crippen LogP contribution is -2.26. The lowest BCUT2D eigenvalue weighted by molar-refractivity contribution is 0.0951. The van der Waals surface area contributed by atoms with E-state index in [-0.39, 0.29) is 23.4 Å². The number of hydrogen-bond acceptors (Lipinski definition) is 3. The first-order valence-corrected chi connectivity index (χ1v) is 8.30. The Kier molecular flexibility index (Phi) is 3.57. The van der Waals surface area contributed by atoms with Gasteiger partial charge in [-0.3, -0.25) is 9.59 Å². The van der Waals surface area contributed by atoms with Gasteiger partial charge in [0.05, 0.1) is 5.69 Å². The Labute approximate surface area is 144 Å². The average Bonchev–Trinajstić information content (AvgIpc) is 3.40. The summed E-state index contributed by atoms with van der Waals surface area (Å²) in [5.74, 6) is -0.275. The Morgan fingerprint density at radius 2 is 1.92 bits per heavy atom. The first-order valence-electron chi connectivity index (χ1n) is 8.30. The van der Waals surface area contributed by atoms with Crippen molar-refractivity contribution in [2.45, 2.75) is 25.8 Å². The number of aromatic nitrogens is 1. The Bertz CT molecular complexity index is 1050. The summed E-state index contributed by atoms with van der Waals surface area (Å²) < 4.78 is 1.26. The molecule has 1 heterocycles. The molecule has 0 atom stereocenters. The van der Waals surface area contributed by atoms with Crippen LogP contribution in [-0.4, -0.2) is 21.6 Å². The number of benzene rings is 2. The Balaban J connectivity index is 1.87. The summed E-state index contributed by atoms with van der Waals surface area (Å²) in [5, 5.41) is 14.9. The van der Waals surface area contributed by atoms with Crippen molar-refractivity contribution in [1.29, 1.82) is 0 Å². The van der Waals surface area contributed by atoms with E-state index >= 15 is 0 Å². The number of aromatic hydroxyl groups is 1. The van der Waals surface area contributed by atoms with Crippen LogP contribution in [0.25, 0.3) is 16.5 Å². The van der Waals surface area contributed by atoms with Gasteiger partial charge < -0.3 is 10.4 Å². The monoisotopic (exact) mass is 334 g/mol. The fraction of sp³-hybridized carbons (Fsp3) is 0.200. The number of fused-ring (bicyclic) bond motifs is 1. The molecule has 25 heavy (non-hydrogen) atoms. The van der Waals surface area contributed by atoms with Crippen molar-refractivity contribution in [2.75, 3.05) is 0 Å². The van der Waals surface area contributed by atoms with E-state index in [1.54, 1.807) is 30.3 Å². The minimum Gasteiger partial charge on any atom is -0.494 e. The van der Waals surface area contributed by atoms with Crippen molar-refractivity contribution in [3.8, 4) is 11.6 Å². The van der Waals surface area contributed by atoms with Gasteiger partial charge in [-0.15, -0.1) is 0 Å². The zero-order valence-corrected chi connectivity index (χ0v) is 13.8. The molecule has 5 nitrogen and oxygen atoms in total. The smallest absolute Gasteiger partial charge is 0.258 e. The molecule has 0 aliphatic heterocycles. The van der Waals surface area contributed by atoms with E-state index in [0.717, 1.165) is 18.4 Å². The summed E-state index contributed by atoms with van der Waals surface area (Å²) in [7, 11) is 0. The fourth-order valence-corrected chi connectivity index (χ4v) is 2.97. The van der Waals surface area contributed by atoms with Gasteiger partial charge in [-0.05, 0) is 48.9 Å². The largest absolute Gasteiger partial charge is 0.494 e. The van der Waals surface area contributed by atoms with Gasteiger partial charge in [0, 0.05) is 23.1 Å². The third-order valence-electron chi connectivity index (χ3n) is 4.54. The molecule has 1 aliphatic rings. The summed E-state index contributed by atoms with van der Waals surface area (Å²) >= 11 is 0. The molecule has 1 amide bonds. The van der Waals surface area contributed by atoms with Crippen LogP contribution in [0.4, 0.5) is 0 Å². The van der Waals surface area contributed by atoms with Crippen LogP contribution in [-0.2, 0) is 0 Å². The van der Waals surface area contributed by atoms with Crippen molar-refractivity contribution in [3.63, 3.8) is 0 Å². The van der Waals surface area contributed by atoms with Gasteiger partial charge in [0.15, 0.2) is 0 Å². The van der Waals surface area contributed by atoms with E-state index in [4.69, 9.17) is 0 Å². The molecule has 3 aromatic rings. The third-order valence-corrected chi connectivity index (χ3v) is 4.54. The van der Waals surface area contributed by atoms with Crippen LogP contribution in [0, 0.1) is 6.92 Å². The molecule has 1 aliphatic carbocycles. The summed E-state index contributed by atoms with van der Waals surface area (Å²) in [5.41, 5.74) is 1.46. The first kappa shape index (κ1) is 15.4. The molecule has 2 aromatic carbocycles. The molecule has 1 saturated carbocycles. The van der Waals surface area contributed by atoms with Gasteiger partial charge in [-0.1, -0.05) is 24.3 Å². The van der Waals surface area contributed by atoms with E-state index < -0.39 is 0 Å². The molecule has 0 saturated heterocycles. The lowest BCUT2D eigenvalue weighted by Gasteiger charge is -2.14. The SMILES string of the molecule is Cc1ccc(C(=O)NC2CC2)cc1-n1c(O)c2ccccc2cc1=O. The molecule has 2 N–H and O–H groups in total. The van der Waals surface area contributed by atoms with Gasteiger partial charge in [0.25, 0.3) is 11.5 Å². The minimum atomic E-state index is -0.334. The predicted octanol–water partition coefficient (Wildman–Crippen LogP) is 2.90. The van der Waals surface area contributed by atoms with Crippen LogP contribution in [0.1, 0.15) is 28.8 Å². The predicted molar refractivity (Wildman–Crippen MR) is 96.4 cm³/mol. The standard InChI is InChI=1S/C20H18N2O3/c1-12-6-7-14(19(24)21-15-8-9-15)10-17(12)22-18(23)11-13-4-2-3-5-16(13)20(22)25/h2-7,10-11,15,25H,8-9H2,1H3,(H,21,24). The summed E-state index contributed by atoms with van der Waals surface area (Å²) in [6, 6.07) is 14.1. The molecule has 4 rings (SSSR count). The van der Waals surface area contributed by atoms with Gasteiger partial charge in [-0.2, -0.15) is 0 Å². The fourth-order valence-electron chi connectivity index (χ4n) is 2.97. The zero-order chi connectivity index (χ0) is 17.6. The van der Waals surface area contributed by atoms with Gasteiger partial charge >= 0.3 is 0 Å². The Morgan fingerprint density at radius 3 is 2.68 bits per heavy atom. The highest BCUT2D eigenvalue weighted by molar-refractivity contribution is 5.95. The quantitative estimate of drug-likeness (QED) is 0.774. The summed E-state index contributed by atoms with van der Waals surface area (Å²) in [6.45, 7) is 1.85. The van der Waals surface area contributed by atoms with Crippen molar-refractivity contribution < 1.29 is 9.90 Å². The lowest BCUT2D eigenvalue weighted by atomic mass is 10.1. The number of nitrogens with zero attached hydrogens (tertiary/aromatic N) is 1. The summed E-state index contributed by atoms with van der Waals surface area (Å²) in [6.07, 6.45) is 2.02. The third kappa shape index (κ3) is 2.78. The Morgan fingerprint density at radius 1 is 1.16 bits per heavy atom. The van der Waals surface area contributed by atoms with E-state index in [1.807, 2.05) is 19.1 Å². The number of hydrogen-bond donors (Lipinski definition) is 2. The molecule has 1 aromatic heterocycles. The number of pyridine rings is 1. The number of amides is 1. The minimum absolute atomic E-state index is 0.119. The second kappa shape index (κ2) is 5.77. The van der Waals surface area contributed by atoms with Crippen LogP contribution >= 0.6 is 0 Å². The van der Waals surface area contributed by atoms with E-state index in [0.29, 0.717) is 22.0 Å². The highest BCUT2D eigenvalue weighted by atomic mass is 16.3. The molecule has 0 unspecified atom stereocenters. The average molecular weight is 334 g/mol. The number of nitrogens with one attached hydrogen (secondary N) is 1. The molecule has 126 valence electrons. The van der Waals surface area contributed by atoms with Crippen LogP contribution in [0.5, 0.6) is 5.88 Å². The second-order valence-electron chi connectivity index (χ2n) is 6.48. The molecule has 0 bridgehead atoms. The van der Waals surface area contributed by atoms with Crippen LogP contribution in [0.3, 0.4) is 0 Å². The van der Waals surface area contributed by atoms with E-state index in [2.05, 4.69) is 5.32 Å². The van der Waals surface area contributed by atoms with E-state index in [9.17, 15) is 14.7 Å². The zero-order valence-electron chi connectivity index (χ0n) is 13.8. The number of aryl methyl sites for hydroxylation is 1. The van der Waals surface area contributed by atoms with Crippen molar-refractivity contribution in [2.24, 2.45) is 0 Å². The van der Waals surface area contributed by atoms with Crippen molar-refractivity contribution in [1.82, 2.24) is 9.88 Å². The van der Waals surface area contributed by atoms with Crippen LogP contribution < -0.4 is 10.9 Å². The maximum absolute atomic E-state index is 12.6. The van der Waals surface area contributed by atoms with Crippen LogP contribution in [0.2, 0.25) is 0 Å². The summed E-state index contributed by atoms with van der Waals surface area (Å²) in [4.78, 5) is 24.9. The van der Waals surface area contributed by atoms with Gasteiger partial charge in [-0.25, -0.2) is 4.57 Å². The first-order chi connectivity index (χ1) is 12.0. The molecule has 0 spiro atoms. The van der Waals surface area contributed by atoms with E-state index in [1.165, 1.54) is 10.6 Å². The maximum atomic E-state index is 12.6. The molecular weight excluding hydrogens is 316 g/mol. The van der Waals surface area contributed by atoms with Crippen molar-refractivity contribution in [3.05, 3.63) is 70.0 Å². The topological polar surface area (TPSA) is 71.3 Å². The molecule has 0 radical (unpaired) electrons. The molecule has 1 fully saturated rings. The van der Waals surface area contributed by atoms with Gasteiger partial charge in [0.1, 0.15) is 0 Å². The number of carbonyl (C=O) groups excluding carboxylic acids is 1. The normalized spacial score (nSPS) is 13.8. The van der Waals surface area contributed by atoms with Crippen molar-refractivity contribution >= 4 is 16.7 Å². The molecule has 5 heteroatoms. The highest BCUT2D eigenvalue weighted by Crippen LogP contribution is 2.27. The highest BCUT2D eigenvalue weighted by Gasteiger charge is 2.24. The second-order valence-corrected chi connectivity index (χ2v) is 6.48. The van der Waals surface area contributed by atoms with Crippen LogP contribution in [0.15, 0.2) is 53.3 Å². The Hall–Kier alpha value is -3.08.